The first-order chi connectivity index (χ1) is 15.5. The average molecular weight is 433 g/mol. The number of aliphatic hydroxyl groups is 1. The predicted octanol–water partition coefficient (Wildman–Crippen LogP) is 4.40. The van der Waals surface area contributed by atoms with E-state index in [1.54, 1.807) is 48.5 Å². The van der Waals surface area contributed by atoms with E-state index in [2.05, 4.69) is 0 Å². The van der Waals surface area contributed by atoms with E-state index in [-0.39, 0.29) is 23.6 Å². The fourth-order valence-corrected chi connectivity index (χ4v) is 3.76. The third kappa shape index (κ3) is 4.09. The lowest BCUT2D eigenvalue weighted by atomic mass is 9.95. The number of nitrogens with zero attached hydrogens (tertiary/aromatic N) is 1. The van der Waals surface area contributed by atoms with Gasteiger partial charge in [0.1, 0.15) is 23.0 Å². The lowest BCUT2D eigenvalue weighted by Gasteiger charge is -2.24. The van der Waals surface area contributed by atoms with Gasteiger partial charge in [0.25, 0.3) is 11.7 Å². The van der Waals surface area contributed by atoms with Crippen molar-refractivity contribution in [1.29, 1.82) is 0 Å². The summed E-state index contributed by atoms with van der Waals surface area (Å²) in [6.07, 6.45) is 2.31. The average Bonchev–Trinajstić information content (AvgIpc) is 3.40. The van der Waals surface area contributed by atoms with Gasteiger partial charge < -0.3 is 24.3 Å². The van der Waals surface area contributed by atoms with Crippen LogP contribution in [-0.2, 0) is 16.1 Å². The van der Waals surface area contributed by atoms with Crippen molar-refractivity contribution in [3.63, 3.8) is 0 Å². The summed E-state index contributed by atoms with van der Waals surface area (Å²) in [5, 5.41) is 21.1. The molecule has 7 heteroatoms. The molecule has 0 spiro atoms. The van der Waals surface area contributed by atoms with Crippen LogP contribution >= 0.6 is 0 Å². The summed E-state index contributed by atoms with van der Waals surface area (Å²) in [7, 11) is 0. The molecule has 1 amide bonds. The summed E-state index contributed by atoms with van der Waals surface area (Å²) in [5.41, 5.74) is 0.801. The highest BCUT2D eigenvalue weighted by Gasteiger charge is 2.46. The molecule has 2 N–H and O–H groups in total. The summed E-state index contributed by atoms with van der Waals surface area (Å²) in [4.78, 5) is 27.3. The fourth-order valence-electron chi connectivity index (χ4n) is 3.76. The molecular formula is C25H23NO6. The quantitative estimate of drug-likeness (QED) is 0.326. The first-order valence-corrected chi connectivity index (χ1v) is 10.3. The highest BCUT2D eigenvalue weighted by molar-refractivity contribution is 6.46. The molecule has 1 aromatic heterocycles. The Morgan fingerprint density at radius 3 is 2.62 bits per heavy atom. The van der Waals surface area contributed by atoms with E-state index in [1.165, 1.54) is 23.3 Å². The van der Waals surface area contributed by atoms with E-state index < -0.39 is 17.7 Å². The van der Waals surface area contributed by atoms with Gasteiger partial charge in [0, 0.05) is 5.56 Å². The highest BCUT2D eigenvalue weighted by atomic mass is 16.5. The number of benzene rings is 2. The van der Waals surface area contributed by atoms with Crippen LogP contribution in [0.25, 0.3) is 5.76 Å². The summed E-state index contributed by atoms with van der Waals surface area (Å²) in [6.45, 7) is 2.54. The number of amides is 1. The molecule has 7 nitrogen and oxygen atoms in total. The van der Waals surface area contributed by atoms with E-state index in [0.717, 1.165) is 6.42 Å². The van der Waals surface area contributed by atoms with Crippen LogP contribution in [0.2, 0.25) is 0 Å². The van der Waals surface area contributed by atoms with E-state index >= 15 is 0 Å². The van der Waals surface area contributed by atoms with Crippen molar-refractivity contribution in [2.24, 2.45) is 0 Å². The zero-order chi connectivity index (χ0) is 22.7. The maximum atomic E-state index is 13.1. The molecule has 1 fully saturated rings. The molecule has 1 saturated heterocycles. The Balaban J connectivity index is 1.82. The molecule has 1 atom stereocenters. The maximum Gasteiger partial charge on any atom is 0.296 e. The molecule has 0 saturated carbocycles. The summed E-state index contributed by atoms with van der Waals surface area (Å²) >= 11 is 0. The number of aromatic hydroxyl groups is 1. The van der Waals surface area contributed by atoms with Crippen LogP contribution in [0.4, 0.5) is 0 Å². The van der Waals surface area contributed by atoms with Gasteiger partial charge in [0.15, 0.2) is 0 Å². The minimum absolute atomic E-state index is 0.0129. The molecule has 0 radical (unpaired) electrons. The Labute approximate surface area is 185 Å². The Bertz CT molecular complexity index is 1160. The first kappa shape index (κ1) is 21.2. The largest absolute Gasteiger partial charge is 0.508 e. The number of carbonyl (C=O) groups excluding carboxylic acids is 2. The van der Waals surface area contributed by atoms with E-state index in [1.807, 2.05) is 6.92 Å². The van der Waals surface area contributed by atoms with Crippen molar-refractivity contribution in [3.8, 4) is 11.5 Å². The Morgan fingerprint density at radius 1 is 1.09 bits per heavy atom. The number of furan rings is 1. The van der Waals surface area contributed by atoms with Gasteiger partial charge in [-0.2, -0.15) is 0 Å². The van der Waals surface area contributed by atoms with Crippen LogP contribution in [0.1, 0.15) is 36.3 Å². The molecular weight excluding hydrogens is 410 g/mol. The summed E-state index contributed by atoms with van der Waals surface area (Å²) < 4.78 is 11.0. The number of Topliss-reactive ketones (excluding diaryl/α,β-unsaturated/α-hetero) is 1. The van der Waals surface area contributed by atoms with Gasteiger partial charge in [0.2, 0.25) is 0 Å². The van der Waals surface area contributed by atoms with E-state index in [0.29, 0.717) is 29.2 Å². The highest BCUT2D eigenvalue weighted by Crippen LogP contribution is 2.41. The number of likely N-dealkylation sites (tertiary alicyclic amines) is 1. The second kappa shape index (κ2) is 9.01. The van der Waals surface area contributed by atoms with Gasteiger partial charge in [-0.3, -0.25) is 9.59 Å². The third-order valence-corrected chi connectivity index (χ3v) is 5.21. The Hall–Kier alpha value is -4.00. The molecule has 2 aromatic carbocycles. The fraction of sp³-hybridized carbons (Fsp3) is 0.200. The standard InChI is InChI=1S/C25H23NO6/c1-2-11-31-19-9-4-7-17(14-19)23(28)21-22(16-6-3-8-18(27)13-16)26(25(30)24(21)29)15-20-10-5-12-32-20/h3-10,12-14,22,27-28H,2,11,15H2,1H3/b23-21-. The van der Waals surface area contributed by atoms with Gasteiger partial charge in [-0.15, -0.1) is 0 Å². The van der Waals surface area contributed by atoms with Crippen molar-refractivity contribution in [2.75, 3.05) is 6.61 Å². The molecule has 0 aliphatic carbocycles. The molecule has 1 unspecified atom stereocenters. The lowest BCUT2D eigenvalue weighted by molar-refractivity contribution is -0.140. The van der Waals surface area contributed by atoms with Gasteiger partial charge in [-0.1, -0.05) is 31.2 Å². The monoisotopic (exact) mass is 433 g/mol. The number of phenols is 1. The van der Waals surface area contributed by atoms with Gasteiger partial charge in [-0.25, -0.2) is 0 Å². The molecule has 4 rings (SSSR count). The van der Waals surface area contributed by atoms with E-state index in [9.17, 15) is 19.8 Å². The normalized spacial score (nSPS) is 17.7. The summed E-state index contributed by atoms with van der Waals surface area (Å²) in [5.74, 6) is -0.833. The Kier molecular flexibility index (Phi) is 5.98. The predicted molar refractivity (Wildman–Crippen MR) is 117 cm³/mol. The van der Waals surface area contributed by atoms with Crippen molar-refractivity contribution in [2.45, 2.75) is 25.9 Å². The topological polar surface area (TPSA) is 100 Å². The van der Waals surface area contributed by atoms with Crippen LogP contribution in [0.3, 0.4) is 0 Å². The molecule has 164 valence electrons. The zero-order valence-corrected chi connectivity index (χ0v) is 17.5. The minimum atomic E-state index is -0.896. The molecule has 3 aromatic rings. The van der Waals surface area contributed by atoms with E-state index in [4.69, 9.17) is 9.15 Å². The van der Waals surface area contributed by atoms with Crippen molar-refractivity contribution >= 4 is 17.4 Å². The number of ketones is 1. The van der Waals surface area contributed by atoms with Gasteiger partial charge >= 0.3 is 0 Å². The van der Waals surface area contributed by atoms with Crippen LogP contribution in [-0.4, -0.2) is 33.4 Å². The van der Waals surface area contributed by atoms with Crippen LogP contribution in [0.5, 0.6) is 11.5 Å². The minimum Gasteiger partial charge on any atom is -0.508 e. The number of rotatable bonds is 7. The smallest absolute Gasteiger partial charge is 0.296 e. The number of aliphatic hydroxyl groups excluding tert-OH is 1. The van der Waals surface area contributed by atoms with Gasteiger partial charge in [-0.05, 0) is 48.4 Å². The third-order valence-electron chi connectivity index (χ3n) is 5.21. The second-order valence-electron chi connectivity index (χ2n) is 7.48. The number of hydrogen-bond acceptors (Lipinski definition) is 6. The lowest BCUT2D eigenvalue weighted by Crippen LogP contribution is -2.29. The van der Waals surface area contributed by atoms with Crippen molar-refractivity contribution in [1.82, 2.24) is 4.90 Å². The summed E-state index contributed by atoms with van der Waals surface area (Å²) in [6, 6.07) is 15.5. The number of carbonyl (C=O) groups is 2. The molecule has 2 heterocycles. The second-order valence-corrected chi connectivity index (χ2v) is 7.48. The Morgan fingerprint density at radius 2 is 1.91 bits per heavy atom. The van der Waals surface area contributed by atoms with Crippen molar-refractivity contribution in [3.05, 3.63) is 89.4 Å². The first-order valence-electron chi connectivity index (χ1n) is 10.3. The number of phenolic OH excluding ortho intramolecular Hbond substituents is 1. The molecule has 0 bridgehead atoms. The SMILES string of the molecule is CCCOc1cccc(/C(O)=C2/C(=O)C(=O)N(Cc3ccco3)C2c2cccc(O)c2)c1. The van der Waals surface area contributed by atoms with Gasteiger partial charge in [0.05, 0.1) is 31.0 Å². The zero-order valence-electron chi connectivity index (χ0n) is 17.5. The number of ether oxygens (including phenoxy) is 1. The molecule has 32 heavy (non-hydrogen) atoms. The maximum absolute atomic E-state index is 13.1. The van der Waals surface area contributed by atoms with Crippen LogP contribution in [0.15, 0.2) is 76.9 Å². The number of hydrogen-bond donors (Lipinski definition) is 2. The van der Waals surface area contributed by atoms with Crippen LogP contribution in [0, 0.1) is 0 Å². The van der Waals surface area contributed by atoms with Crippen LogP contribution < -0.4 is 4.74 Å². The van der Waals surface area contributed by atoms with Crippen molar-refractivity contribution < 1.29 is 29.0 Å². The molecule has 1 aliphatic heterocycles. The molecule has 1 aliphatic rings.